The van der Waals surface area contributed by atoms with Gasteiger partial charge >= 0.3 is 12.2 Å². The molecule has 1 saturated heterocycles. The quantitative estimate of drug-likeness (QED) is 0.783. The summed E-state index contributed by atoms with van der Waals surface area (Å²) in [5.41, 5.74) is 1.18. The number of hydrogen-bond donors (Lipinski definition) is 2. The van der Waals surface area contributed by atoms with Crippen molar-refractivity contribution in [3.8, 4) is 0 Å². The van der Waals surface area contributed by atoms with E-state index in [9.17, 15) is 14.7 Å². The van der Waals surface area contributed by atoms with Crippen LogP contribution in [0.3, 0.4) is 0 Å². The fourth-order valence-electron chi connectivity index (χ4n) is 3.11. The van der Waals surface area contributed by atoms with Crippen LogP contribution in [0.25, 0.3) is 0 Å². The second-order valence-corrected chi connectivity index (χ2v) is 6.49. The van der Waals surface area contributed by atoms with Crippen LogP contribution in [0.2, 0.25) is 0 Å². The molecule has 0 bridgehead atoms. The Balaban J connectivity index is 2.05. The van der Waals surface area contributed by atoms with Crippen molar-refractivity contribution in [1.82, 2.24) is 15.3 Å². The summed E-state index contributed by atoms with van der Waals surface area (Å²) in [6.07, 6.45) is -1.37. The third-order valence-electron chi connectivity index (χ3n) is 4.33. The van der Waals surface area contributed by atoms with Crippen LogP contribution in [0, 0.1) is 0 Å². The maximum Gasteiger partial charge on any atom is 0.429 e. The Hall–Kier alpha value is -2.32. The highest BCUT2D eigenvalue weighted by Crippen LogP contribution is 2.16. The average Bonchev–Trinajstić information content (AvgIpc) is 2.64. The zero-order valence-electron chi connectivity index (χ0n) is 16.1. The fraction of sp³-hybridized carbons (Fsp3) is 0.579. The van der Waals surface area contributed by atoms with Gasteiger partial charge in [0.15, 0.2) is 0 Å². The van der Waals surface area contributed by atoms with Gasteiger partial charge in [0.25, 0.3) is 0 Å². The van der Waals surface area contributed by atoms with Gasteiger partial charge in [-0.1, -0.05) is 30.3 Å². The van der Waals surface area contributed by atoms with Crippen LogP contribution in [0.15, 0.2) is 30.3 Å². The van der Waals surface area contributed by atoms with Gasteiger partial charge in [-0.2, -0.15) is 0 Å². The number of nitrogens with one attached hydrogen (secondary N) is 1. The van der Waals surface area contributed by atoms with E-state index < -0.39 is 24.3 Å². The molecule has 1 aromatic carbocycles. The van der Waals surface area contributed by atoms with Gasteiger partial charge in [-0.15, -0.1) is 0 Å². The molecule has 27 heavy (non-hydrogen) atoms. The Kier molecular flexibility index (Phi) is 7.87. The lowest BCUT2D eigenvalue weighted by atomic mass is 10.0. The SMILES string of the molecule is CCOC(=O)N1C[C@@H](O)[C@H](N[C@@H](C)Cc2ccccc2)CN1C(=O)OCC. The number of nitrogens with zero attached hydrogens (tertiary/aromatic N) is 2. The molecule has 0 saturated carbocycles. The highest BCUT2D eigenvalue weighted by Gasteiger charge is 2.40. The first-order valence-corrected chi connectivity index (χ1v) is 9.32. The molecule has 1 aliphatic rings. The standard InChI is InChI=1S/C19H29N3O5/c1-4-26-18(24)21-12-16(17(23)13-22(21)19(25)27-5-2)20-14(3)11-15-9-7-6-8-10-15/h6-10,14,16-17,20,23H,4-5,11-13H2,1-3H3/t14-,16+,17+/m0/s1. The van der Waals surface area contributed by atoms with Crippen molar-refractivity contribution in [2.24, 2.45) is 0 Å². The lowest BCUT2D eigenvalue weighted by Gasteiger charge is -2.43. The van der Waals surface area contributed by atoms with Gasteiger partial charge < -0.3 is 19.9 Å². The van der Waals surface area contributed by atoms with Crippen molar-refractivity contribution in [3.63, 3.8) is 0 Å². The number of aliphatic hydroxyl groups is 1. The number of carbonyl (C=O) groups excluding carboxylic acids is 2. The van der Waals surface area contributed by atoms with Crippen LogP contribution in [-0.2, 0) is 15.9 Å². The van der Waals surface area contributed by atoms with Gasteiger partial charge in [0.1, 0.15) is 0 Å². The molecule has 0 aromatic heterocycles. The van der Waals surface area contributed by atoms with Crippen LogP contribution in [-0.4, -0.2) is 71.8 Å². The molecule has 1 heterocycles. The van der Waals surface area contributed by atoms with Crippen LogP contribution in [0.4, 0.5) is 9.59 Å². The van der Waals surface area contributed by atoms with E-state index in [0.29, 0.717) is 0 Å². The Morgan fingerprint density at radius 2 is 1.67 bits per heavy atom. The normalized spacial score (nSPS) is 20.9. The minimum absolute atomic E-state index is 0.0482. The summed E-state index contributed by atoms with van der Waals surface area (Å²) < 4.78 is 10.0. The van der Waals surface area contributed by atoms with Gasteiger partial charge in [-0.25, -0.2) is 19.6 Å². The van der Waals surface area contributed by atoms with E-state index in [4.69, 9.17) is 9.47 Å². The van der Waals surface area contributed by atoms with Crippen molar-refractivity contribution >= 4 is 12.2 Å². The highest BCUT2D eigenvalue weighted by molar-refractivity contribution is 5.74. The number of β-amino-alcohol motifs (C(OH)–C–C–N with tert-alkyl or cyclic N) is 1. The van der Waals surface area contributed by atoms with Crippen LogP contribution in [0.1, 0.15) is 26.3 Å². The minimum atomic E-state index is -0.835. The Morgan fingerprint density at radius 3 is 2.22 bits per heavy atom. The number of aliphatic hydroxyl groups excluding tert-OH is 1. The largest absolute Gasteiger partial charge is 0.448 e. The number of amides is 2. The van der Waals surface area contributed by atoms with Gasteiger partial charge in [0.2, 0.25) is 0 Å². The van der Waals surface area contributed by atoms with Crippen LogP contribution in [0.5, 0.6) is 0 Å². The number of benzene rings is 1. The van der Waals surface area contributed by atoms with Crippen LogP contribution < -0.4 is 5.32 Å². The third-order valence-corrected chi connectivity index (χ3v) is 4.33. The molecule has 8 heteroatoms. The molecule has 1 aromatic rings. The predicted octanol–water partition coefficient (Wildman–Crippen LogP) is 1.78. The summed E-state index contributed by atoms with van der Waals surface area (Å²) in [7, 11) is 0. The molecule has 1 fully saturated rings. The summed E-state index contributed by atoms with van der Waals surface area (Å²) in [6, 6.07) is 9.71. The van der Waals surface area contributed by atoms with Gasteiger partial charge in [-0.3, -0.25) is 0 Å². The zero-order valence-corrected chi connectivity index (χ0v) is 16.1. The molecule has 0 unspecified atom stereocenters. The molecule has 8 nitrogen and oxygen atoms in total. The smallest absolute Gasteiger partial charge is 0.429 e. The summed E-state index contributed by atoms with van der Waals surface area (Å²) >= 11 is 0. The summed E-state index contributed by atoms with van der Waals surface area (Å²) in [4.78, 5) is 24.4. The maximum absolute atomic E-state index is 12.3. The monoisotopic (exact) mass is 379 g/mol. The van der Waals surface area contributed by atoms with Crippen molar-refractivity contribution in [2.45, 2.75) is 45.4 Å². The minimum Gasteiger partial charge on any atom is -0.448 e. The average molecular weight is 379 g/mol. The number of hydrazine groups is 1. The van der Waals surface area contributed by atoms with Crippen molar-refractivity contribution in [1.29, 1.82) is 0 Å². The number of ether oxygens (including phenoxy) is 2. The topological polar surface area (TPSA) is 91.3 Å². The first kappa shape index (κ1) is 21.0. The zero-order chi connectivity index (χ0) is 19.8. The van der Waals surface area contributed by atoms with E-state index in [2.05, 4.69) is 5.32 Å². The molecule has 2 rings (SSSR count). The number of rotatable bonds is 6. The van der Waals surface area contributed by atoms with E-state index in [0.717, 1.165) is 11.4 Å². The second-order valence-electron chi connectivity index (χ2n) is 6.49. The lowest BCUT2D eigenvalue weighted by Crippen LogP contribution is -2.66. The third kappa shape index (κ3) is 5.83. The summed E-state index contributed by atoms with van der Waals surface area (Å²) in [5, 5.41) is 16.2. The molecule has 2 amide bonds. The molecule has 2 N–H and O–H groups in total. The fourth-order valence-corrected chi connectivity index (χ4v) is 3.11. The first-order chi connectivity index (χ1) is 13.0. The maximum atomic E-state index is 12.3. The molecule has 150 valence electrons. The van der Waals surface area contributed by atoms with E-state index in [-0.39, 0.29) is 32.3 Å². The van der Waals surface area contributed by atoms with Crippen molar-refractivity contribution < 1.29 is 24.2 Å². The highest BCUT2D eigenvalue weighted by atomic mass is 16.6. The Morgan fingerprint density at radius 1 is 1.11 bits per heavy atom. The van der Waals surface area contributed by atoms with Crippen molar-refractivity contribution in [2.75, 3.05) is 26.3 Å². The number of carbonyl (C=O) groups is 2. The molecule has 0 aliphatic carbocycles. The van der Waals surface area contributed by atoms with Gasteiger partial charge in [0, 0.05) is 6.04 Å². The Labute approximate surface area is 160 Å². The first-order valence-electron chi connectivity index (χ1n) is 9.32. The van der Waals surface area contributed by atoms with Crippen LogP contribution >= 0.6 is 0 Å². The molecule has 0 radical (unpaired) electrons. The van der Waals surface area contributed by atoms with E-state index in [1.165, 1.54) is 10.6 Å². The second kappa shape index (κ2) is 10.1. The summed E-state index contributed by atoms with van der Waals surface area (Å²) in [6.45, 7) is 5.83. The molecular formula is C19H29N3O5. The van der Waals surface area contributed by atoms with E-state index in [1.807, 2.05) is 37.3 Å². The van der Waals surface area contributed by atoms with Crippen molar-refractivity contribution in [3.05, 3.63) is 35.9 Å². The molecule has 1 aliphatic heterocycles. The molecular weight excluding hydrogens is 350 g/mol. The molecule has 3 atom stereocenters. The van der Waals surface area contributed by atoms with Gasteiger partial charge in [0.05, 0.1) is 38.4 Å². The van der Waals surface area contributed by atoms with E-state index in [1.54, 1.807) is 13.8 Å². The van der Waals surface area contributed by atoms with Gasteiger partial charge in [-0.05, 0) is 32.8 Å². The number of hydrogen-bond acceptors (Lipinski definition) is 6. The summed E-state index contributed by atoms with van der Waals surface area (Å²) in [5.74, 6) is 0. The lowest BCUT2D eigenvalue weighted by molar-refractivity contribution is -0.0846. The Bertz CT molecular complexity index is 613. The molecule has 0 spiro atoms. The van der Waals surface area contributed by atoms with E-state index >= 15 is 0 Å². The predicted molar refractivity (Wildman–Crippen MR) is 100.0 cm³/mol.